The summed E-state index contributed by atoms with van der Waals surface area (Å²) in [4.78, 5) is 17.4. The van der Waals surface area contributed by atoms with Gasteiger partial charge in [-0.05, 0) is 25.5 Å². The number of anilines is 1. The average Bonchev–Trinajstić information content (AvgIpc) is 3.17. The molecule has 0 aliphatic rings. The smallest absolute Gasteiger partial charge is 0.277 e. The van der Waals surface area contributed by atoms with E-state index in [0.29, 0.717) is 21.6 Å². The topological polar surface area (TPSA) is 80.9 Å². The Labute approximate surface area is 128 Å². The van der Waals surface area contributed by atoms with Crippen molar-refractivity contribution in [3.63, 3.8) is 0 Å². The zero-order valence-corrected chi connectivity index (χ0v) is 13.0. The Morgan fingerprint density at radius 2 is 2.24 bits per heavy atom. The molecule has 0 aliphatic carbocycles. The van der Waals surface area contributed by atoms with Gasteiger partial charge in [0.05, 0.1) is 6.26 Å². The second-order valence-corrected chi connectivity index (χ2v) is 6.48. The minimum Gasteiger partial charge on any atom is -0.462 e. The first-order valence-corrected chi connectivity index (χ1v) is 7.95. The number of amides is 1. The minimum atomic E-state index is -0.277. The number of carbonyl (C=O) groups excluding carboxylic acids is 1. The largest absolute Gasteiger partial charge is 0.462 e. The molecule has 8 heteroatoms. The lowest BCUT2D eigenvalue weighted by Gasteiger charge is -1.97. The number of hydrogen-bond donors (Lipinski definition) is 1. The van der Waals surface area contributed by atoms with Gasteiger partial charge in [-0.3, -0.25) is 10.1 Å². The van der Waals surface area contributed by atoms with Crippen molar-refractivity contribution in [3.8, 4) is 10.8 Å². The first-order chi connectivity index (χ1) is 10.2. The molecule has 3 aromatic heterocycles. The summed E-state index contributed by atoms with van der Waals surface area (Å²) in [5, 5.41) is 12.7. The summed E-state index contributed by atoms with van der Waals surface area (Å²) < 4.78 is 5.30. The van der Waals surface area contributed by atoms with Gasteiger partial charge in [-0.25, -0.2) is 4.98 Å². The molecule has 3 aromatic rings. The van der Waals surface area contributed by atoms with E-state index in [0.717, 1.165) is 16.3 Å². The summed E-state index contributed by atoms with van der Waals surface area (Å²) in [5.74, 6) is 0.381. The van der Waals surface area contributed by atoms with Crippen LogP contribution in [0.4, 0.5) is 5.13 Å². The van der Waals surface area contributed by atoms with Crippen LogP contribution in [-0.4, -0.2) is 21.1 Å². The van der Waals surface area contributed by atoms with Gasteiger partial charge in [0.1, 0.15) is 10.7 Å². The highest BCUT2D eigenvalue weighted by atomic mass is 32.1. The van der Waals surface area contributed by atoms with Crippen LogP contribution >= 0.6 is 22.7 Å². The van der Waals surface area contributed by atoms with Gasteiger partial charge in [-0.1, -0.05) is 18.3 Å². The Kier molecular flexibility index (Phi) is 3.80. The van der Waals surface area contributed by atoms with Gasteiger partial charge in [-0.2, -0.15) is 0 Å². The number of hydrogen-bond acceptors (Lipinski definition) is 7. The highest BCUT2D eigenvalue weighted by molar-refractivity contribution is 7.15. The maximum atomic E-state index is 12.3. The first-order valence-electron chi connectivity index (χ1n) is 6.32. The molecule has 0 aliphatic heterocycles. The highest BCUT2D eigenvalue weighted by Crippen LogP contribution is 2.28. The third-order valence-corrected chi connectivity index (χ3v) is 4.70. The zero-order valence-electron chi connectivity index (χ0n) is 11.4. The number of nitrogens with zero attached hydrogens (tertiary/aromatic N) is 3. The fourth-order valence-electron chi connectivity index (χ4n) is 1.72. The molecular formula is C13H12N4O2S2. The van der Waals surface area contributed by atoms with Crippen molar-refractivity contribution in [1.82, 2.24) is 15.2 Å². The molecule has 6 nitrogen and oxygen atoms in total. The van der Waals surface area contributed by atoms with E-state index in [4.69, 9.17) is 4.42 Å². The molecule has 21 heavy (non-hydrogen) atoms. The number of nitrogens with one attached hydrogen (secondary N) is 1. The van der Waals surface area contributed by atoms with Crippen LogP contribution in [0.15, 0.2) is 22.8 Å². The molecule has 3 heterocycles. The fraction of sp³-hybridized carbons (Fsp3) is 0.231. The van der Waals surface area contributed by atoms with Crippen molar-refractivity contribution in [1.29, 1.82) is 0 Å². The SMILES string of the molecule is CCc1nnc(NC(=O)c2nc(-c3ccco3)sc2C)s1. The van der Waals surface area contributed by atoms with Crippen LogP contribution in [0.1, 0.15) is 27.3 Å². The van der Waals surface area contributed by atoms with E-state index in [9.17, 15) is 4.79 Å². The molecule has 0 bridgehead atoms. The van der Waals surface area contributed by atoms with Crippen LogP contribution in [0.5, 0.6) is 0 Å². The number of furan rings is 1. The standard InChI is InChI=1S/C13H12N4O2S2/c1-3-9-16-17-13(21-9)15-11(18)10-7(2)20-12(14-10)8-5-4-6-19-8/h4-6H,3H2,1-2H3,(H,15,17,18). The number of thiazole rings is 1. The second-order valence-electron chi connectivity index (χ2n) is 4.21. The Morgan fingerprint density at radius 1 is 1.38 bits per heavy atom. The maximum Gasteiger partial charge on any atom is 0.277 e. The van der Waals surface area contributed by atoms with Gasteiger partial charge < -0.3 is 4.42 Å². The van der Waals surface area contributed by atoms with Crippen LogP contribution in [0.2, 0.25) is 0 Å². The molecule has 0 saturated heterocycles. The highest BCUT2D eigenvalue weighted by Gasteiger charge is 2.18. The molecule has 1 N–H and O–H groups in total. The third kappa shape index (κ3) is 2.86. The van der Waals surface area contributed by atoms with Crippen molar-refractivity contribution in [2.45, 2.75) is 20.3 Å². The first kappa shape index (κ1) is 13.9. The summed E-state index contributed by atoms with van der Waals surface area (Å²) >= 11 is 2.79. The molecule has 0 atom stereocenters. The van der Waals surface area contributed by atoms with Gasteiger partial charge in [0.15, 0.2) is 10.8 Å². The van der Waals surface area contributed by atoms with Crippen molar-refractivity contribution < 1.29 is 9.21 Å². The number of rotatable bonds is 4. The molecular weight excluding hydrogens is 308 g/mol. The van der Waals surface area contributed by atoms with E-state index >= 15 is 0 Å². The van der Waals surface area contributed by atoms with Gasteiger partial charge >= 0.3 is 0 Å². The quantitative estimate of drug-likeness (QED) is 0.797. The van der Waals surface area contributed by atoms with Crippen molar-refractivity contribution in [2.75, 3.05) is 5.32 Å². The molecule has 3 rings (SSSR count). The summed E-state index contributed by atoms with van der Waals surface area (Å²) in [6, 6.07) is 3.61. The van der Waals surface area contributed by atoms with E-state index in [1.54, 1.807) is 12.3 Å². The summed E-state index contributed by atoms with van der Waals surface area (Å²) in [5.41, 5.74) is 0.389. The van der Waals surface area contributed by atoms with Crippen molar-refractivity contribution >= 4 is 33.7 Å². The second kappa shape index (κ2) is 5.74. The monoisotopic (exact) mass is 320 g/mol. The number of aromatic nitrogens is 3. The molecule has 0 aromatic carbocycles. The lowest BCUT2D eigenvalue weighted by molar-refractivity contribution is 0.102. The number of aryl methyl sites for hydroxylation is 2. The van der Waals surface area contributed by atoms with Crippen LogP contribution in [-0.2, 0) is 6.42 Å². The van der Waals surface area contributed by atoms with E-state index in [-0.39, 0.29) is 5.91 Å². The van der Waals surface area contributed by atoms with E-state index < -0.39 is 0 Å². The molecule has 0 unspecified atom stereocenters. The van der Waals surface area contributed by atoms with Crippen molar-refractivity contribution in [2.24, 2.45) is 0 Å². The number of carbonyl (C=O) groups is 1. The molecule has 0 saturated carbocycles. The Morgan fingerprint density at radius 3 is 2.90 bits per heavy atom. The lowest BCUT2D eigenvalue weighted by Crippen LogP contribution is -2.13. The van der Waals surface area contributed by atoms with E-state index in [1.165, 1.54) is 22.7 Å². The molecule has 108 valence electrons. The minimum absolute atomic E-state index is 0.277. The fourth-order valence-corrected chi connectivity index (χ4v) is 3.27. The van der Waals surface area contributed by atoms with Crippen LogP contribution in [0.25, 0.3) is 10.8 Å². The van der Waals surface area contributed by atoms with Gasteiger partial charge in [0.2, 0.25) is 5.13 Å². The lowest BCUT2D eigenvalue weighted by atomic mass is 10.3. The van der Waals surface area contributed by atoms with Crippen LogP contribution < -0.4 is 5.32 Å². The molecule has 0 spiro atoms. The average molecular weight is 320 g/mol. The maximum absolute atomic E-state index is 12.3. The van der Waals surface area contributed by atoms with Crippen molar-refractivity contribution in [3.05, 3.63) is 34.0 Å². The normalized spacial score (nSPS) is 10.8. The molecule has 0 radical (unpaired) electrons. The predicted octanol–water partition coefficient (Wildman–Crippen LogP) is 3.38. The van der Waals surface area contributed by atoms with E-state index in [1.807, 2.05) is 19.9 Å². The Hall–Kier alpha value is -2.06. The molecule has 1 amide bonds. The van der Waals surface area contributed by atoms with Gasteiger partial charge in [0.25, 0.3) is 5.91 Å². The molecule has 0 fully saturated rings. The van der Waals surface area contributed by atoms with E-state index in [2.05, 4.69) is 20.5 Å². The third-order valence-electron chi connectivity index (χ3n) is 2.73. The summed E-state index contributed by atoms with van der Waals surface area (Å²) in [7, 11) is 0. The Bertz CT molecular complexity index is 761. The van der Waals surface area contributed by atoms with Crippen LogP contribution in [0, 0.1) is 6.92 Å². The Balaban J connectivity index is 1.81. The summed E-state index contributed by atoms with van der Waals surface area (Å²) in [6.45, 7) is 3.85. The zero-order chi connectivity index (χ0) is 14.8. The summed E-state index contributed by atoms with van der Waals surface area (Å²) in [6.07, 6.45) is 2.38. The van der Waals surface area contributed by atoms with Gasteiger partial charge in [0, 0.05) is 4.88 Å². The van der Waals surface area contributed by atoms with Crippen LogP contribution in [0.3, 0.4) is 0 Å². The van der Waals surface area contributed by atoms with Gasteiger partial charge in [-0.15, -0.1) is 21.5 Å². The predicted molar refractivity (Wildman–Crippen MR) is 81.8 cm³/mol.